The Morgan fingerprint density at radius 3 is 3.22 bits per heavy atom. The molecule has 4 heteroatoms. The summed E-state index contributed by atoms with van der Waals surface area (Å²) >= 11 is 0. The summed E-state index contributed by atoms with van der Waals surface area (Å²) in [5.74, 6) is 0.762. The minimum atomic E-state index is 0.106. The first-order valence-corrected chi connectivity index (χ1v) is 6.67. The average Bonchev–Trinajstić information content (AvgIpc) is 2.40. The fourth-order valence-electron chi connectivity index (χ4n) is 2.33. The van der Waals surface area contributed by atoms with Crippen LogP contribution in [0.3, 0.4) is 0 Å². The van der Waals surface area contributed by atoms with Crippen LogP contribution in [0.2, 0.25) is 0 Å². The van der Waals surface area contributed by atoms with Crippen molar-refractivity contribution in [3.63, 3.8) is 0 Å². The zero-order valence-corrected chi connectivity index (χ0v) is 10.9. The van der Waals surface area contributed by atoms with Gasteiger partial charge in [-0.25, -0.2) is 0 Å². The number of anilines is 1. The van der Waals surface area contributed by atoms with Crippen LogP contribution in [0.15, 0.2) is 18.5 Å². The van der Waals surface area contributed by atoms with E-state index in [0.29, 0.717) is 12.3 Å². The maximum absolute atomic E-state index is 11.9. The minimum absolute atomic E-state index is 0.106. The summed E-state index contributed by atoms with van der Waals surface area (Å²) in [6.07, 6.45) is 7.52. The molecule has 1 unspecified atom stereocenters. The number of piperidine rings is 1. The number of rotatable bonds is 4. The van der Waals surface area contributed by atoms with Gasteiger partial charge in [0.05, 0.1) is 0 Å². The van der Waals surface area contributed by atoms with Crippen LogP contribution in [-0.2, 0) is 4.79 Å². The Hall–Kier alpha value is -1.42. The fourth-order valence-corrected chi connectivity index (χ4v) is 2.33. The molecule has 1 aromatic rings. The van der Waals surface area contributed by atoms with Crippen molar-refractivity contribution in [2.24, 2.45) is 5.92 Å². The molecule has 98 valence electrons. The molecule has 0 spiro atoms. The van der Waals surface area contributed by atoms with Gasteiger partial charge in [0.1, 0.15) is 0 Å². The molecule has 18 heavy (non-hydrogen) atoms. The molecule has 1 amide bonds. The molecule has 2 rings (SSSR count). The van der Waals surface area contributed by atoms with E-state index in [1.54, 1.807) is 12.4 Å². The van der Waals surface area contributed by atoms with Crippen LogP contribution in [0.25, 0.3) is 0 Å². The third-order valence-corrected chi connectivity index (χ3v) is 3.47. The van der Waals surface area contributed by atoms with Crippen molar-refractivity contribution in [3.05, 3.63) is 24.0 Å². The Kier molecular flexibility index (Phi) is 4.70. The van der Waals surface area contributed by atoms with Crippen LogP contribution in [-0.4, -0.2) is 24.0 Å². The highest BCUT2D eigenvalue weighted by atomic mass is 16.1. The summed E-state index contributed by atoms with van der Waals surface area (Å²) in [5.41, 5.74) is 1.88. The van der Waals surface area contributed by atoms with Crippen molar-refractivity contribution < 1.29 is 4.79 Å². The molecule has 1 aromatic heterocycles. The average molecular weight is 247 g/mol. The first-order valence-electron chi connectivity index (χ1n) is 6.67. The molecule has 1 aliphatic heterocycles. The van der Waals surface area contributed by atoms with E-state index in [9.17, 15) is 4.79 Å². The molecule has 2 N–H and O–H groups in total. The molecular weight excluding hydrogens is 226 g/mol. The highest BCUT2D eigenvalue weighted by molar-refractivity contribution is 5.91. The van der Waals surface area contributed by atoms with Gasteiger partial charge in [0.15, 0.2) is 0 Å². The lowest BCUT2D eigenvalue weighted by Crippen LogP contribution is -2.30. The molecule has 1 saturated heterocycles. The summed E-state index contributed by atoms with van der Waals surface area (Å²) < 4.78 is 0. The number of aryl methyl sites for hydroxylation is 1. The van der Waals surface area contributed by atoms with Crippen molar-refractivity contribution in [3.8, 4) is 0 Å². The van der Waals surface area contributed by atoms with Crippen LogP contribution < -0.4 is 10.6 Å². The van der Waals surface area contributed by atoms with E-state index in [-0.39, 0.29) is 5.91 Å². The van der Waals surface area contributed by atoms with Crippen molar-refractivity contribution in [2.45, 2.75) is 32.6 Å². The Morgan fingerprint density at radius 1 is 1.61 bits per heavy atom. The Labute approximate surface area is 108 Å². The first-order chi connectivity index (χ1) is 8.75. The SMILES string of the molecule is Cc1cnccc1NC(=O)CCC1CCCNC1. The molecule has 2 heterocycles. The van der Waals surface area contributed by atoms with Crippen LogP contribution in [0, 0.1) is 12.8 Å². The maximum Gasteiger partial charge on any atom is 0.224 e. The largest absolute Gasteiger partial charge is 0.326 e. The van der Waals surface area contributed by atoms with E-state index in [4.69, 9.17) is 0 Å². The van der Waals surface area contributed by atoms with Crippen molar-refractivity contribution in [2.75, 3.05) is 18.4 Å². The van der Waals surface area contributed by atoms with E-state index in [1.807, 2.05) is 13.0 Å². The van der Waals surface area contributed by atoms with E-state index in [1.165, 1.54) is 12.8 Å². The first kappa shape index (κ1) is 13.0. The van der Waals surface area contributed by atoms with Crippen molar-refractivity contribution in [1.29, 1.82) is 0 Å². The van der Waals surface area contributed by atoms with E-state index < -0.39 is 0 Å². The van der Waals surface area contributed by atoms with Gasteiger partial charge in [-0.1, -0.05) is 0 Å². The standard InChI is InChI=1S/C14H21N3O/c1-11-9-16-8-6-13(11)17-14(18)5-4-12-3-2-7-15-10-12/h6,8-9,12,15H,2-5,7,10H2,1H3,(H,16,17,18). The van der Waals surface area contributed by atoms with Gasteiger partial charge >= 0.3 is 0 Å². The van der Waals surface area contributed by atoms with Crippen LogP contribution in [0.1, 0.15) is 31.2 Å². The number of aromatic nitrogens is 1. The summed E-state index contributed by atoms with van der Waals surface area (Å²) in [5, 5.41) is 6.33. The number of carbonyl (C=O) groups is 1. The molecule has 0 saturated carbocycles. The van der Waals surface area contributed by atoms with E-state index in [2.05, 4.69) is 15.6 Å². The summed E-state index contributed by atoms with van der Waals surface area (Å²) in [6.45, 7) is 4.13. The van der Waals surface area contributed by atoms with Crippen LogP contribution >= 0.6 is 0 Å². The lowest BCUT2D eigenvalue weighted by atomic mass is 9.94. The quantitative estimate of drug-likeness (QED) is 0.856. The molecule has 4 nitrogen and oxygen atoms in total. The number of carbonyl (C=O) groups excluding carboxylic acids is 1. The molecule has 0 aromatic carbocycles. The van der Waals surface area contributed by atoms with Crippen LogP contribution in [0.4, 0.5) is 5.69 Å². The van der Waals surface area contributed by atoms with Gasteiger partial charge in [-0.05, 0) is 56.8 Å². The molecule has 1 fully saturated rings. The highest BCUT2D eigenvalue weighted by Crippen LogP contribution is 2.17. The topological polar surface area (TPSA) is 54.0 Å². The van der Waals surface area contributed by atoms with Crippen molar-refractivity contribution >= 4 is 11.6 Å². The zero-order valence-electron chi connectivity index (χ0n) is 10.9. The normalized spacial score (nSPS) is 19.5. The third-order valence-electron chi connectivity index (χ3n) is 3.47. The Morgan fingerprint density at radius 2 is 2.50 bits per heavy atom. The second-order valence-corrected chi connectivity index (χ2v) is 4.99. The summed E-state index contributed by atoms with van der Waals surface area (Å²) in [7, 11) is 0. The van der Waals surface area contributed by atoms with Gasteiger partial charge < -0.3 is 10.6 Å². The van der Waals surface area contributed by atoms with Gasteiger partial charge in [0.2, 0.25) is 5.91 Å². The highest BCUT2D eigenvalue weighted by Gasteiger charge is 2.14. The number of hydrogen-bond donors (Lipinski definition) is 2. The van der Waals surface area contributed by atoms with E-state index in [0.717, 1.165) is 30.8 Å². The second-order valence-electron chi connectivity index (χ2n) is 4.99. The predicted molar refractivity (Wildman–Crippen MR) is 72.4 cm³/mol. The predicted octanol–water partition coefficient (Wildman–Crippen LogP) is 2.11. The fraction of sp³-hybridized carbons (Fsp3) is 0.571. The number of hydrogen-bond acceptors (Lipinski definition) is 3. The molecular formula is C14H21N3O. The Balaban J connectivity index is 1.76. The molecule has 0 bridgehead atoms. The van der Waals surface area contributed by atoms with Crippen LogP contribution in [0.5, 0.6) is 0 Å². The lowest BCUT2D eigenvalue weighted by molar-refractivity contribution is -0.116. The van der Waals surface area contributed by atoms with Crippen molar-refractivity contribution in [1.82, 2.24) is 10.3 Å². The Bertz CT molecular complexity index is 400. The van der Waals surface area contributed by atoms with E-state index >= 15 is 0 Å². The summed E-state index contributed by atoms with van der Waals surface area (Å²) in [4.78, 5) is 15.9. The van der Waals surface area contributed by atoms with Gasteiger partial charge in [0.25, 0.3) is 0 Å². The number of amides is 1. The lowest BCUT2D eigenvalue weighted by Gasteiger charge is -2.22. The molecule has 0 radical (unpaired) electrons. The number of nitrogens with zero attached hydrogens (tertiary/aromatic N) is 1. The zero-order chi connectivity index (χ0) is 12.8. The molecule has 1 atom stereocenters. The van der Waals surface area contributed by atoms with Gasteiger partial charge in [0, 0.05) is 24.5 Å². The summed E-state index contributed by atoms with van der Waals surface area (Å²) in [6, 6.07) is 1.84. The monoisotopic (exact) mass is 247 g/mol. The molecule has 1 aliphatic rings. The number of nitrogens with one attached hydrogen (secondary N) is 2. The smallest absolute Gasteiger partial charge is 0.224 e. The maximum atomic E-state index is 11.9. The third kappa shape index (κ3) is 3.81. The van der Waals surface area contributed by atoms with Gasteiger partial charge in [-0.2, -0.15) is 0 Å². The minimum Gasteiger partial charge on any atom is -0.326 e. The van der Waals surface area contributed by atoms with Gasteiger partial charge in [-0.3, -0.25) is 9.78 Å². The second kappa shape index (κ2) is 6.50. The van der Waals surface area contributed by atoms with Gasteiger partial charge in [-0.15, -0.1) is 0 Å². The molecule has 0 aliphatic carbocycles. The number of pyridine rings is 1.